The maximum absolute atomic E-state index is 11.9. The third-order valence-corrected chi connectivity index (χ3v) is 3.62. The molecule has 3 nitrogen and oxygen atoms in total. The molecule has 106 valence electrons. The van der Waals surface area contributed by atoms with Crippen LogP contribution >= 0.6 is 0 Å². The molecular formula is C16H25NO2. The second-order valence-corrected chi connectivity index (χ2v) is 5.29. The van der Waals surface area contributed by atoms with Gasteiger partial charge in [0.2, 0.25) is 5.91 Å². The molecular weight excluding hydrogens is 238 g/mol. The molecule has 0 fully saturated rings. The summed E-state index contributed by atoms with van der Waals surface area (Å²) in [6.07, 6.45) is 1.18. The molecule has 0 saturated heterocycles. The first-order valence-electron chi connectivity index (χ1n) is 7.04. The minimum absolute atomic E-state index is 0.00575. The van der Waals surface area contributed by atoms with Gasteiger partial charge in [-0.15, -0.1) is 0 Å². The number of hydrogen-bond donors (Lipinski definition) is 2. The van der Waals surface area contributed by atoms with Crippen LogP contribution in [-0.2, 0) is 11.2 Å². The molecule has 0 bridgehead atoms. The van der Waals surface area contributed by atoms with E-state index in [2.05, 4.69) is 5.32 Å². The first kappa shape index (κ1) is 15.7. The van der Waals surface area contributed by atoms with Crippen LogP contribution in [0.1, 0.15) is 32.8 Å². The monoisotopic (exact) mass is 263 g/mol. The summed E-state index contributed by atoms with van der Waals surface area (Å²) in [4.78, 5) is 11.9. The van der Waals surface area contributed by atoms with E-state index in [1.807, 2.05) is 51.1 Å². The van der Waals surface area contributed by atoms with Gasteiger partial charge in [0, 0.05) is 12.5 Å². The second kappa shape index (κ2) is 7.95. The lowest BCUT2D eigenvalue weighted by Gasteiger charge is -2.19. The SMILES string of the molecule is CCC(C)C(O)CNC(=O)C(C)Cc1ccccc1. The standard InChI is InChI=1S/C16H25NO2/c1-4-12(2)15(18)11-17-16(19)13(3)10-14-8-6-5-7-9-14/h5-9,12-13,15,18H,4,10-11H2,1-3H3,(H,17,19). The highest BCUT2D eigenvalue weighted by Gasteiger charge is 2.17. The van der Waals surface area contributed by atoms with Crippen molar-refractivity contribution in [3.05, 3.63) is 35.9 Å². The van der Waals surface area contributed by atoms with Crippen molar-refractivity contribution in [2.24, 2.45) is 11.8 Å². The molecule has 0 aliphatic carbocycles. The van der Waals surface area contributed by atoms with Crippen LogP contribution in [0.3, 0.4) is 0 Å². The minimum Gasteiger partial charge on any atom is -0.391 e. The van der Waals surface area contributed by atoms with Crippen molar-refractivity contribution >= 4 is 5.91 Å². The van der Waals surface area contributed by atoms with Crippen molar-refractivity contribution in [3.8, 4) is 0 Å². The average Bonchev–Trinajstić information content (AvgIpc) is 2.44. The van der Waals surface area contributed by atoms with Gasteiger partial charge in [-0.3, -0.25) is 4.79 Å². The van der Waals surface area contributed by atoms with Gasteiger partial charge in [0.15, 0.2) is 0 Å². The highest BCUT2D eigenvalue weighted by Crippen LogP contribution is 2.09. The number of aliphatic hydroxyl groups is 1. The highest BCUT2D eigenvalue weighted by molar-refractivity contribution is 5.78. The van der Waals surface area contributed by atoms with E-state index < -0.39 is 6.10 Å². The molecule has 1 aromatic carbocycles. The molecule has 1 rings (SSSR count). The van der Waals surface area contributed by atoms with Crippen molar-refractivity contribution in [1.82, 2.24) is 5.32 Å². The number of hydrogen-bond acceptors (Lipinski definition) is 2. The van der Waals surface area contributed by atoms with Crippen LogP contribution in [0, 0.1) is 11.8 Å². The number of carbonyl (C=O) groups is 1. The first-order valence-corrected chi connectivity index (χ1v) is 7.04. The van der Waals surface area contributed by atoms with Crippen LogP contribution in [0.15, 0.2) is 30.3 Å². The summed E-state index contributed by atoms with van der Waals surface area (Å²) in [5.74, 6) is 0.141. The Labute approximate surface area is 116 Å². The Hall–Kier alpha value is -1.35. The number of nitrogens with one attached hydrogen (secondary N) is 1. The van der Waals surface area contributed by atoms with Crippen molar-refractivity contribution in [1.29, 1.82) is 0 Å². The molecule has 0 aliphatic heterocycles. The van der Waals surface area contributed by atoms with E-state index >= 15 is 0 Å². The van der Waals surface area contributed by atoms with Crippen LogP contribution in [0.5, 0.6) is 0 Å². The molecule has 3 unspecified atom stereocenters. The third-order valence-electron chi connectivity index (χ3n) is 3.62. The molecule has 0 saturated carbocycles. The summed E-state index contributed by atoms with van der Waals surface area (Å²) >= 11 is 0. The fraction of sp³-hybridized carbons (Fsp3) is 0.562. The highest BCUT2D eigenvalue weighted by atomic mass is 16.3. The molecule has 0 aromatic heterocycles. The van der Waals surface area contributed by atoms with Crippen LogP contribution in [0.2, 0.25) is 0 Å². The lowest BCUT2D eigenvalue weighted by atomic mass is 9.99. The number of aliphatic hydroxyl groups excluding tert-OH is 1. The number of benzene rings is 1. The number of carbonyl (C=O) groups excluding carboxylic acids is 1. The van der Waals surface area contributed by atoms with E-state index in [4.69, 9.17) is 0 Å². The fourth-order valence-electron chi connectivity index (χ4n) is 1.91. The smallest absolute Gasteiger partial charge is 0.223 e. The Morgan fingerprint density at radius 2 is 1.89 bits per heavy atom. The van der Waals surface area contributed by atoms with Gasteiger partial charge in [-0.05, 0) is 17.9 Å². The normalized spacial score (nSPS) is 15.6. The van der Waals surface area contributed by atoms with Crippen LogP contribution < -0.4 is 5.32 Å². The molecule has 0 heterocycles. The second-order valence-electron chi connectivity index (χ2n) is 5.29. The van der Waals surface area contributed by atoms with Crippen molar-refractivity contribution in [3.63, 3.8) is 0 Å². The Bertz CT molecular complexity index is 378. The quantitative estimate of drug-likeness (QED) is 0.793. The molecule has 0 radical (unpaired) electrons. The maximum Gasteiger partial charge on any atom is 0.223 e. The largest absolute Gasteiger partial charge is 0.391 e. The van der Waals surface area contributed by atoms with Crippen LogP contribution in [0.4, 0.5) is 0 Å². The summed E-state index contributed by atoms with van der Waals surface area (Å²) in [5.41, 5.74) is 1.16. The maximum atomic E-state index is 11.9. The Balaban J connectivity index is 2.37. The molecule has 3 atom stereocenters. The number of amides is 1. The van der Waals surface area contributed by atoms with E-state index in [0.717, 1.165) is 18.4 Å². The van der Waals surface area contributed by atoms with Gasteiger partial charge < -0.3 is 10.4 Å². The van der Waals surface area contributed by atoms with E-state index in [1.165, 1.54) is 0 Å². The van der Waals surface area contributed by atoms with Gasteiger partial charge in [-0.25, -0.2) is 0 Å². The summed E-state index contributed by atoms with van der Waals surface area (Å²) < 4.78 is 0. The van der Waals surface area contributed by atoms with Gasteiger partial charge >= 0.3 is 0 Å². The van der Waals surface area contributed by atoms with Crippen molar-refractivity contribution in [2.75, 3.05) is 6.54 Å². The van der Waals surface area contributed by atoms with Crippen LogP contribution in [0.25, 0.3) is 0 Å². The zero-order valence-corrected chi connectivity index (χ0v) is 12.1. The van der Waals surface area contributed by atoms with Gasteiger partial charge in [-0.2, -0.15) is 0 Å². The summed E-state index contributed by atoms with van der Waals surface area (Å²) in [6, 6.07) is 9.98. The van der Waals surface area contributed by atoms with E-state index in [0.29, 0.717) is 6.54 Å². The predicted octanol–water partition coefficient (Wildman–Crippen LogP) is 2.39. The molecule has 0 aliphatic rings. The first-order chi connectivity index (χ1) is 9.04. The van der Waals surface area contributed by atoms with Gasteiger partial charge in [0.1, 0.15) is 0 Å². The molecule has 1 amide bonds. The average molecular weight is 263 g/mol. The van der Waals surface area contributed by atoms with E-state index in [9.17, 15) is 9.90 Å². The molecule has 1 aromatic rings. The predicted molar refractivity (Wildman–Crippen MR) is 77.8 cm³/mol. The van der Waals surface area contributed by atoms with Crippen molar-refractivity contribution in [2.45, 2.75) is 39.7 Å². The molecule has 0 spiro atoms. The topological polar surface area (TPSA) is 49.3 Å². The molecule has 3 heteroatoms. The van der Waals surface area contributed by atoms with Gasteiger partial charge in [-0.1, -0.05) is 57.5 Å². The Kier molecular flexibility index (Phi) is 6.57. The lowest BCUT2D eigenvalue weighted by molar-refractivity contribution is -0.125. The summed E-state index contributed by atoms with van der Waals surface area (Å²) in [5, 5.41) is 12.7. The fourth-order valence-corrected chi connectivity index (χ4v) is 1.91. The summed E-state index contributed by atoms with van der Waals surface area (Å²) in [7, 11) is 0. The van der Waals surface area contributed by atoms with Crippen molar-refractivity contribution < 1.29 is 9.90 Å². The minimum atomic E-state index is -0.460. The van der Waals surface area contributed by atoms with Gasteiger partial charge in [0.25, 0.3) is 0 Å². The lowest BCUT2D eigenvalue weighted by Crippen LogP contribution is -2.38. The zero-order valence-electron chi connectivity index (χ0n) is 12.1. The molecule has 2 N–H and O–H groups in total. The zero-order chi connectivity index (χ0) is 14.3. The summed E-state index contributed by atoms with van der Waals surface area (Å²) in [6.45, 7) is 6.28. The molecule has 19 heavy (non-hydrogen) atoms. The number of rotatable bonds is 7. The van der Waals surface area contributed by atoms with E-state index in [-0.39, 0.29) is 17.7 Å². The third kappa shape index (κ3) is 5.43. The Morgan fingerprint density at radius 1 is 1.26 bits per heavy atom. The van der Waals surface area contributed by atoms with Crippen LogP contribution in [-0.4, -0.2) is 23.7 Å². The Morgan fingerprint density at radius 3 is 2.47 bits per heavy atom. The van der Waals surface area contributed by atoms with E-state index in [1.54, 1.807) is 0 Å². The van der Waals surface area contributed by atoms with Gasteiger partial charge in [0.05, 0.1) is 6.10 Å².